The fourth-order valence-corrected chi connectivity index (χ4v) is 2.58. The van der Waals surface area contributed by atoms with Gasteiger partial charge in [0.2, 0.25) is 0 Å². The van der Waals surface area contributed by atoms with Crippen LogP contribution in [-0.4, -0.2) is 33.0 Å². The fourth-order valence-electron chi connectivity index (χ4n) is 2.58. The molecular weight excluding hydrogens is 352 g/mol. The van der Waals surface area contributed by atoms with Crippen LogP contribution in [0.25, 0.3) is 0 Å². The fraction of sp³-hybridized carbons (Fsp3) is 0.263. The molecule has 0 radical (unpaired) electrons. The van der Waals surface area contributed by atoms with Crippen LogP contribution in [0.15, 0.2) is 42.5 Å². The molecule has 8 heteroatoms. The number of ether oxygens (including phenoxy) is 1. The van der Waals surface area contributed by atoms with Gasteiger partial charge in [0.15, 0.2) is 0 Å². The summed E-state index contributed by atoms with van der Waals surface area (Å²) in [6, 6.07) is 10.8. The maximum atomic E-state index is 11.7. The molecule has 0 saturated heterocycles. The van der Waals surface area contributed by atoms with Crippen LogP contribution in [-0.2, 0) is 6.61 Å². The van der Waals surface area contributed by atoms with Crippen molar-refractivity contribution in [2.45, 2.75) is 32.9 Å². The monoisotopic (exact) mass is 374 g/mol. The summed E-state index contributed by atoms with van der Waals surface area (Å²) in [4.78, 5) is 23.9. The third-order valence-electron chi connectivity index (χ3n) is 3.59. The Kier molecular flexibility index (Phi) is 5.79. The number of carbonyl (C=O) groups is 2. The van der Waals surface area contributed by atoms with E-state index in [1.807, 2.05) is 0 Å². The number of rotatable bonds is 5. The molecule has 0 aliphatic rings. The highest BCUT2D eigenvalue weighted by atomic mass is 16.5. The van der Waals surface area contributed by atoms with Gasteiger partial charge in [-0.15, -0.1) is 0 Å². The molecular formula is C19H22N2O6. The lowest BCUT2D eigenvalue weighted by molar-refractivity contribution is 0.195. The zero-order chi connectivity index (χ0) is 20.2. The predicted molar refractivity (Wildman–Crippen MR) is 101 cm³/mol. The Morgan fingerprint density at radius 1 is 1.07 bits per heavy atom. The Morgan fingerprint density at radius 3 is 2.22 bits per heavy atom. The Labute approximate surface area is 156 Å². The van der Waals surface area contributed by atoms with Crippen LogP contribution < -0.4 is 15.0 Å². The first-order chi connectivity index (χ1) is 12.6. The number of aromatic hydroxyl groups is 1. The number of amides is 2. The van der Waals surface area contributed by atoms with Gasteiger partial charge in [-0.2, -0.15) is 0 Å². The van der Waals surface area contributed by atoms with E-state index in [1.54, 1.807) is 45.0 Å². The molecule has 4 N–H and O–H groups in total. The van der Waals surface area contributed by atoms with E-state index in [2.05, 4.69) is 5.32 Å². The number of hydrogen-bond donors (Lipinski definition) is 4. The summed E-state index contributed by atoms with van der Waals surface area (Å²) in [6.45, 7) is 5.31. The van der Waals surface area contributed by atoms with Crippen molar-refractivity contribution in [3.05, 3.63) is 48.0 Å². The zero-order valence-electron chi connectivity index (χ0n) is 15.3. The van der Waals surface area contributed by atoms with E-state index in [-0.39, 0.29) is 18.0 Å². The molecule has 0 unspecified atom stereocenters. The molecule has 0 heterocycles. The van der Waals surface area contributed by atoms with Gasteiger partial charge in [0.1, 0.15) is 18.1 Å². The topological polar surface area (TPSA) is 119 Å². The molecule has 0 spiro atoms. The highest BCUT2D eigenvalue weighted by Crippen LogP contribution is 2.29. The summed E-state index contributed by atoms with van der Waals surface area (Å²) in [7, 11) is 0. The van der Waals surface area contributed by atoms with Crippen molar-refractivity contribution in [1.82, 2.24) is 0 Å². The highest BCUT2D eigenvalue weighted by molar-refractivity contribution is 5.90. The first-order valence-electron chi connectivity index (χ1n) is 8.15. The van der Waals surface area contributed by atoms with E-state index in [1.165, 1.54) is 18.2 Å². The van der Waals surface area contributed by atoms with Gasteiger partial charge in [0.05, 0.1) is 5.69 Å². The van der Waals surface area contributed by atoms with E-state index >= 15 is 0 Å². The van der Waals surface area contributed by atoms with Crippen molar-refractivity contribution >= 4 is 23.6 Å². The molecule has 0 saturated carbocycles. The van der Waals surface area contributed by atoms with Crippen molar-refractivity contribution < 1.29 is 29.6 Å². The number of anilines is 2. The Morgan fingerprint density at radius 2 is 1.70 bits per heavy atom. The maximum absolute atomic E-state index is 11.7. The Bertz CT molecular complexity index is 827. The summed E-state index contributed by atoms with van der Waals surface area (Å²) >= 11 is 0. The lowest BCUT2D eigenvalue weighted by atomic mass is 10.0. The molecule has 2 aromatic rings. The number of nitrogens with zero attached hydrogens (tertiary/aromatic N) is 1. The summed E-state index contributed by atoms with van der Waals surface area (Å²) < 4.78 is 5.64. The average Bonchev–Trinajstić information content (AvgIpc) is 2.51. The third-order valence-corrected chi connectivity index (χ3v) is 3.59. The van der Waals surface area contributed by atoms with Gasteiger partial charge < -0.3 is 20.1 Å². The van der Waals surface area contributed by atoms with E-state index in [4.69, 9.17) is 9.84 Å². The van der Waals surface area contributed by atoms with Crippen molar-refractivity contribution in [2.24, 2.45) is 0 Å². The van der Waals surface area contributed by atoms with Crippen LogP contribution in [0, 0.1) is 0 Å². The normalized spacial score (nSPS) is 10.9. The number of phenolic OH excluding ortho intramolecular Hbond substituents is 1. The third kappa shape index (κ3) is 5.53. The van der Waals surface area contributed by atoms with Crippen LogP contribution >= 0.6 is 0 Å². The van der Waals surface area contributed by atoms with Gasteiger partial charge in [0, 0.05) is 11.2 Å². The maximum Gasteiger partial charge on any atom is 0.412 e. The molecule has 0 aliphatic carbocycles. The summed E-state index contributed by atoms with van der Waals surface area (Å²) in [5, 5.41) is 30.1. The Hall–Kier alpha value is -3.42. The number of phenols is 1. The van der Waals surface area contributed by atoms with Crippen molar-refractivity contribution in [2.75, 3.05) is 10.2 Å². The van der Waals surface area contributed by atoms with Gasteiger partial charge in [-0.25, -0.2) is 9.59 Å². The molecule has 0 aromatic heterocycles. The van der Waals surface area contributed by atoms with Crippen LogP contribution in [0.4, 0.5) is 21.0 Å². The largest absolute Gasteiger partial charge is 0.508 e. The van der Waals surface area contributed by atoms with E-state index in [9.17, 15) is 19.8 Å². The highest BCUT2D eigenvalue weighted by Gasteiger charge is 2.28. The number of benzene rings is 2. The Balaban J connectivity index is 2.36. The molecule has 2 rings (SSSR count). The molecule has 0 fully saturated rings. The van der Waals surface area contributed by atoms with Crippen LogP contribution in [0.5, 0.6) is 11.5 Å². The van der Waals surface area contributed by atoms with Crippen molar-refractivity contribution in [3.8, 4) is 11.5 Å². The van der Waals surface area contributed by atoms with Gasteiger partial charge in [-0.3, -0.25) is 10.2 Å². The zero-order valence-corrected chi connectivity index (χ0v) is 15.3. The minimum absolute atomic E-state index is 0.0878. The summed E-state index contributed by atoms with van der Waals surface area (Å²) in [6.07, 6.45) is -2.41. The second-order valence-electron chi connectivity index (χ2n) is 6.89. The second kappa shape index (κ2) is 7.86. The number of hydrogen-bond acceptors (Lipinski definition) is 4. The van der Waals surface area contributed by atoms with Crippen molar-refractivity contribution in [3.63, 3.8) is 0 Å². The first-order valence-corrected chi connectivity index (χ1v) is 8.15. The van der Waals surface area contributed by atoms with Gasteiger partial charge in [-0.1, -0.05) is 0 Å². The molecule has 8 nitrogen and oxygen atoms in total. The van der Waals surface area contributed by atoms with Gasteiger partial charge >= 0.3 is 12.2 Å². The SMILES string of the molecule is CC(C)(C)N(C(=O)O)c1cc(COc2ccc(O)cc2)cc(NC(=O)O)c1. The van der Waals surface area contributed by atoms with Gasteiger partial charge in [-0.05, 0) is 68.8 Å². The number of carboxylic acid groups (broad SMARTS) is 2. The smallest absolute Gasteiger partial charge is 0.412 e. The molecule has 0 atom stereocenters. The molecule has 0 bridgehead atoms. The standard InChI is InChI=1S/C19H22N2O6/c1-19(2,3)21(18(25)26)14-9-12(8-13(10-14)20-17(23)24)11-27-16-6-4-15(22)5-7-16/h4-10,20,22H,11H2,1-3H3,(H,23,24)(H,25,26). The quantitative estimate of drug-likeness (QED) is 0.618. The molecule has 144 valence electrons. The van der Waals surface area contributed by atoms with Crippen LogP contribution in [0.2, 0.25) is 0 Å². The minimum atomic E-state index is -1.25. The van der Waals surface area contributed by atoms with E-state index in [0.29, 0.717) is 17.0 Å². The van der Waals surface area contributed by atoms with Crippen LogP contribution in [0.3, 0.4) is 0 Å². The minimum Gasteiger partial charge on any atom is -0.508 e. The summed E-state index contributed by atoms with van der Waals surface area (Å²) in [5.74, 6) is 0.622. The predicted octanol–water partition coefficient (Wildman–Crippen LogP) is 4.34. The average molecular weight is 374 g/mol. The van der Waals surface area contributed by atoms with Gasteiger partial charge in [0.25, 0.3) is 0 Å². The second-order valence-corrected chi connectivity index (χ2v) is 6.89. The van der Waals surface area contributed by atoms with E-state index < -0.39 is 17.7 Å². The lowest BCUT2D eigenvalue weighted by Gasteiger charge is -2.33. The molecule has 2 aromatic carbocycles. The van der Waals surface area contributed by atoms with Crippen LogP contribution in [0.1, 0.15) is 26.3 Å². The lowest BCUT2D eigenvalue weighted by Crippen LogP contribution is -2.45. The molecule has 27 heavy (non-hydrogen) atoms. The first kappa shape index (κ1) is 19.9. The van der Waals surface area contributed by atoms with Crippen molar-refractivity contribution in [1.29, 1.82) is 0 Å². The van der Waals surface area contributed by atoms with E-state index in [0.717, 1.165) is 4.90 Å². The number of nitrogens with one attached hydrogen (secondary N) is 1. The molecule has 0 aliphatic heterocycles. The summed E-state index contributed by atoms with van der Waals surface area (Å²) in [5.41, 5.74) is 0.410. The molecule has 2 amide bonds.